The fraction of sp³-hybridized carbons (Fsp3) is 0.448. The molecule has 1 atom stereocenters. The second-order valence-electron chi connectivity index (χ2n) is 8.75. The van der Waals surface area contributed by atoms with Crippen LogP contribution in [0.2, 0.25) is 0 Å². The van der Waals surface area contributed by atoms with Crippen LogP contribution in [0.25, 0.3) is 5.76 Å². The fourth-order valence-corrected chi connectivity index (χ4v) is 4.49. The third kappa shape index (κ3) is 6.26. The van der Waals surface area contributed by atoms with Crippen LogP contribution in [-0.4, -0.2) is 66.0 Å². The third-order valence-electron chi connectivity index (χ3n) is 6.39. The maximum absolute atomic E-state index is 13.3. The third-order valence-corrected chi connectivity index (χ3v) is 6.39. The number of amides is 1. The molecule has 0 radical (unpaired) electrons. The lowest BCUT2D eigenvalue weighted by Gasteiger charge is -2.27. The monoisotopic (exact) mass is 494 g/mol. The Morgan fingerprint density at radius 1 is 0.972 bits per heavy atom. The van der Waals surface area contributed by atoms with Crippen molar-refractivity contribution in [3.05, 3.63) is 65.2 Å². The van der Waals surface area contributed by atoms with Gasteiger partial charge in [0.1, 0.15) is 17.3 Å². The van der Waals surface area contributed by atoms with Gasteiger partial charge in [0.2, 0.25) is 0 Å². The summed E-state index contributed by atoms with van der Waals surface area (Å²) < 4.78 is 11.3. The Balaban J connectivity index is 2.02. The molecule has 2 aromatic rings. The van der Waals surface area contributed by atoms with Gasteiger partial charge in [-0.05, 0) is 81.4 Å². The Morgan fingerprint density at radius 2 is 1.69 bits per heavy atom. The molecule has 1 fully saturated rings. The van der Waals surface area contributed by atoms with Crippen LogP contribution in [0.5, 0.6) is 11.5 Å². The van der Waals surface area contributed by atoms with Gasteiger partial charge in [0.15, 0.2) is 0 Å². The second kappa shape index (κ2) is 13.1. The highest BCUT2D eigenvalue weighted by atomic mass is 16.5. The predicted molar refractivity (Wildman–Crippen MR) is 141 cm³/mol. The van der Waals surface area contributed by atoms with E-state index in [1.165, 1.54) is 0 Å². The minimum absolute atomic E-state index is 0.0969. The van der Waals surface area contributed by atoms with E-state index in [2.05, 4.69) is 18.7 Å². The van der Waals surface area contributed by atoms with E-state index in [-0.39, 0.29) is 11.3 Å². The van der Waals surface area contributed by atoms with Crippen molar-refractivity contribution in [3.8, 4) is 11.5 Å². The normalized spacial score (nSPS) is 17.1. The van der Waals surface area contributed by atoms with E-state index in [4.69, 9.17) is 9.47 Å². The summed E-state index contributed by atoms with van der Waals surface area (Å²) in [5.41, 5.74) is 1.29. The molecule has 0 bridgehead atoms. The van der Waals surface area contributed by atoms with Gasteiger partial charge in [-0.1, -0.05) is 32.9 Å². The van der Waals surface area contributed by atoms with Crippen molar-refractivity contribution in [2.45, 2.75) is 46.6 Å². The molecular formula is C29H38N2O5. The van der Waals surface area contributed by atoms with Gasteiger partial charge < -0.3 is 24.4 Å². The van der Waals surface area contributed by atoms with Gasteiger partial charge in [-0.2, -0.15) is 0 Å². The van der Waals surface area contributed by atoms with Crippen LogP contribution in [0, 0.1) is 0 Å². The Morgan fingerprint density at radius 3 is 2.33 bits per heavy atom. The number of benzene rings is 2. The first-order valence-electron chi connectivity index (χ1n) is 12.9. The van der Waals surface area contributed by atoms with Gasteiger partial charge >= 0.3 is 0 Å². The summed E-state index contributed by atoms with van der Waals surface area (Å²) in [6, 6.07) is 13.6. The van der Waals surface area contributed by atoms with Crippen molar-refractivity contribution in [2.75, 3.05) is 39.4 Å². The first-order chi connectivity index (χ1) is 17.4. The Labute approximate surface area is 214 Å². The van der Waals surface area contributed by atoms with Crippen molar-refractivity contribution >= 4 is 17.4 Å². The minimum Gasteiger partial charge on any atom is -0.507 e. The molecule has 194 valence electrons. The summed E-state index contributed by atoms with van der Waals surface area (Å²) in [6.45, 7) is 12.3. The summed E-state index contributed by atoms with van der Waals surface area (Å²) in [5, 5.41) is 11.3. The van der Waals surface area contributed by atoms with Crippen LogP contribution in [0.4, 0.5) is 0 Å². The average Bonchev–Trinajstić information content (AvgIpc) is 3.15. The molecule has 1 N–H and O–H groups in total. The van der Waals surface area contributed by atoms with E-state index >= 15 is 0 Å². The van der Waals surface area contributed by atoms with Gasteiger partial charge in [0.25, 0.3) is 11.7 Å². The number of carbonyl (C=O) groups is 2. The highest BCUT2D eigenvalue weighted by Crippen LogP contribution is 2.40. The van der Waals surface area contributed by atoms with E-state index in [0.29, 0.717) is 36.8 Å². The van der Waals surface area contributed by atoms with Crippen molar-refractivity contribution in [1.82, 2.24) is 9.80 Å². The van der Waals surface area contributed by atoms with Crippen LogP contribution >= 0.6 is 0 Å². The van der Waals surface area contributed by atoms with Crippen LogP contribution in [0.1, 0.15) is 57.7 Å². The Hall–Kier alpha value is -3.32. The number of hydrogen-bond acceptors (Lipinski definition) is 6. The molecule has 1 amide bonds. The summed E-state index contributed by atoms with van der Waals surface area (Å²) in [4.78, 5) is 30.4. The topological polar surface area (TPSA) is 79.3 Å². The molecule has 0 spiro atoms. The summed E-state index contributed by atoms with van der Waals surface area (Å²) in [5.74, 6) is -0.110. The number of nitrogens with zero attached hydrogens (tertiary/aromatic N) is 2. The smallest absolute Gasteiger partial charge is 0.295 e. The first-order valence-corrected chi connectivity index (χ1v) is 12.9. The van der Waals surface area contributed by atoms with Gasteiger partial charge in [0.05, 0.1) is 24.8 Å². The summed E-state index contributed by atoms with van der Waals surface area (Å²) in [6.07, 6.45) is 1.59. The molecule has 1 unspecified atom stereocenters. The summed E-state index contributed by atoms with van der Waals surface area (Å²) in [7, 11) is 0. The molecule has 0 aromatic heterocycles. The molecule has 1 heterocycles. The highest BCUT2D eigenvalue weighted by molar-refractivity contribution is 6.46. The molecule has 0 aliphatic carbocycles. The lowest BCUT2D eigenvalue weighted by Crippen LogP contribution is -2.33. The number of carbonyl (C=O) groups excluding carboxylic acids is 2. The lowest BCUT2D eigenvalue weighted by atomic mass is 9.95. The number of ketones is 1. The van der Waals surface area contributed by atoms with Crippen LogP contribution in [-0.2, 0) is 9.59 Å². The molecule has 7 heteroatoms. The molecule has 36 heavy (non-hydrogen) atoms. The van der Waals surface area contributed by atoms with E-state index in [9.17, 15) is 14.7 Å². The van der Waals surface area contributed by atoms with E-state index < -0.39 is 17.7 Å². The summed E-state index contributed by atoms with van der Waals surface area (Å²) >= 11 is 0. The molecule has 1 aliphatic heterocycles. The molecule has 3 rings (SSSR count). The maximum atomic E-state index is 13.3. The molecule has 0 saturated carbocycles. The highest BCUT2D eigenvalue weighted by Gasteiger charge is 2.45. The quantitative estimate of drug-likeness (QED) is 0.239. The molecule has 1 saturated heterocycles. The van der Waals surface area contributed by atoms with Gasteiger partial charge in [-0.15, -0.1) is 0 Å². The lowest BCUT2D eigenvalue weighted by molar-refractivity contribution is -0.140. The first kappa shape index (κ1) is 27.3. The van der Waals surface area contributed by atoms with Crippen LogP contribution in [0.15, 0.2) is 54.1 Å². The van der Waals surface area contributed by atoms with Crippen molar-refractivity contribution < 1.29 is 24.2 Å². The van der Waals surface area contributed by atoms with Crippen molar-refractivity contribution in [2.24, 2.45) is 0 Å². The van der Waals surface area contributed by atoms with Gasteiger partial charge in [-0.3, -0.25) is 9.59 Å². The molecule has 7 nitrogen and oxygen atoms in total. The number of aliphatic hydroxyl groups is 1. The van der Waals surface area contributed by atoms with E-state index in [1.807, 2.05) is 38.1 Å². The second-order valence-corrected chi connectivity index (χ2v) is 8.75. The van der Waals surface area contributed by atoms with Gasteiger partial charge in [0, 0.05) is 12.1 Å². The zero-order valence-electron chi connectivity index (χ0n) is 21.8. The number of ether oxygens (including phenoxy) is 2. The predicted octanol–water partition coefficient (Wildman–Crippen LogP) is 5.03. The van der Waals surface area contributed by atoms with Crippen LogP contribution < -0.4 is 9.47 Å². The molecular weight excluding hydrogens is 456 g/mol. The zero-order chi connectivity index (χ0) is 26.1. The Kier molecular flexibility index (Phi) is 9.94. The van der Waals surface area contributed by atoms with Crippen molar-refractivity contribution in [1.29, 1.82) is 0 Å². The minimum atomic E-state index is -0.696. The molecule has 1 aliphatic rings. The van der Waals surface area contributed by atoms with Crippen molar-refractivity contribution in [3.63, 3.8) is 0 Å². The number of aliphatic hydroxyl groups excluding tert-OH is 1. The molecule has 2 aromatic carbocycles. The largest absolute Gasteiger partial charge is 0.507 e. The zero-order valence-corrected chi connectivity index (χ0v) is 21.8. The van der Waals surface area contributed by atoms with E-state index in [1.54, 1.807) is 29.2 Å². The average molecular weight is 495 g/mol. The number of Topliss-reactive ketones (excluding diaryl/α,β-unsaturated/α-hetero) is 1. The number of rotatable bonds is 13. The maximum Gasteiger partial charge on any atom is 0.295 e. The Bertz CT molecular complexity index is 1060. The number of hydrogen-bond donors (Lipinski definition) is 1. The SMILES string of the molecule is CCCOc1cccc(C2/C(=C(/O)c3ccc(OCC)cc3)C(=O)C(=O)N2CCCN(CC)CC)c1. The standard InChI is InChI=1S/C29H38N2O5/c1-5-19-36-24-12-9-11-22(20-24)26-25(27(32)21-13-15-23(16-14-21)35-8-4)28(33)29(34)31(26)18-10-17-30(6-2)7-3/h9,11-16,20,26,32H,5-8,10,17-19H2,1-4H3/b27-25-. The van der Waals surface area contributed by atoms with E-state index in [0.717, 1.165) is 38.0 Å². The van der Waals surface area contributed by atoms with Gasteiger partial charge in [-0.25, -0.2) is 0 Å². The van der Waals surface area contributed by atoms with Crippen LogP contribution in [0.3, 0.4) is 0 Å². The fourth-order valence-electron chi connectivity index (χ4n) is 4.49. The number of likely N-dealkylation sites (tertiary alicyclic amines) is 1.